The fourth-order valence-electron chi connectivity index (χ4n) is 2.99. The molecule has 2 aromatic rings. The van der Waals surface area contributed by atoms with Crippen molar-refractivity contribution in [2.75, 3.05) is 0 Å². The van der Waals surface area contributed by atoms with Gasteiger partial charge in [0.2, 0.25) is 0 Å². The molecule has 0 unspecified atom stereocenters. The third kappa shape index (κ3) is 1.35. The Morgan fingerprint density at radius 3 is 2.28 bits per heavy atom. The summed E-state index contributed by atoms with van der Waals surface area (Å²) in [6.45, 7) is 5.92. The number of benzene rings is 2. The van der Waals surface area contributed by atoms with E-state index < -0.39 is 0 Å². The molecule has 0 fully saturated rings. The Morgan fingerprint density at radius 2 is 1.56 bits per heavy atom. The van der Waals surface area contributed by atoms with E-state index in [-0.39, 0.29) is 17.0 Å². The Bertz CT molecular complexity index is 654. The summed E-state index contributed by atoms with van der Waals surface area (Å²) in [7, 11) is 0. The van der Waals surface area contributed by atoms with Crippen LogP contribution in [0, 0.1) is 18.6 Å². The van der Waals surface area contributed by atoms with E-state index >= 15 is 0 Å². The van der Waals surface area contributed by atoms with Crippen LogP contribution < -0.4 is 0 Å². The molecule has 0 amide bonds. The lowest BCUT2D eigenvalue weighted by atomic mass is 9.82. The van der Waals surface area contributed by atoms with Crippen LogP contribution in [-0.2, 0) is 5.41 Å². The Labute approximate surface area is 105 Å². The molecular formula is C16H14F2. The minimum atomic E-state index is -0.348. The molecule has 0 bridgehead atoms. The second-order valence-electron chi connectivity index (χ2n) is 5.46. The van der Waals surface area contributed by atoms with Crippen molar-refractivity contribution in [1.82, 2.24) is 0 Å². The van der Waals surface area contributed by atoms with E-state index in [4.69, 9.17) is 0 Å². The second kappa shape index (κ2) is 3.41. The lowest BCUT2D eigenvalue weighted by Crippen LogP contribution is -2.15. The molecule has 18 heavy (non-hydrogen) atoms. The summed E-state index contributed by atoms with van der Waals surface area (Å²) in [4.78, 5) is 0. The van der Waals surface area contributed by atoms with Crippen LogP contribution in [0.3, 0.4) is 0 Å². The van der Waals surface area contributed by atoms with E-state index in [0.717, 1.165) is 27.8 Å². The van der Waals surface area contributed by atoms with Gasteiger partial charge >= 0.3 is 0 Å². The van der Waals surface area contributed by atoms with Crippen molar-refractivity contribution >= 4 is 0 Å². The van der Waals surface area contributed by atoms with Gasteiger partial charge in [-0.1, -0.05) is 19.9 Å². The first-order chi connectivity index (χ1) is 8.41. The molecule has 0 atom stereocenters. The third-order valence-corrected chi connectivity index (χ3v) is 3.90. The molecule has 1 aliphatic rings. The SMILES string of the molecule is Cc1cc(F)cc2c1-c1ccc(F)cc1C2(C)C. The topological polar surface area (TPSA) is 0 Å². The van der Waals surface area contributed by atoms with Crippen molar-refractivity contribution in [2.24, 2.45) is 0 Å². The summed E-state index contributed by atoms with van der Waals surface area (Å²) < 4.78 is 27.0. The summed E-state index contributed by atoms with van der Waals surface area (Å²) in [5.74, 6) is -0.472. The Morgan fingerprint density at radius 1 is 0.889 bits per heavy atom. The number of halogens is 2. The molecule has 2 aromatic carbocycles. The van der Waals surface area contributed by atoms with Crippen LogP contribution in [0.4, 0.5) is 8.78 Å². The van der Waals surface area contributed by atoms with Gasteiger partial charge in [0.05, 0.1) is 0 Å². The van der Waals surface area contributed by atoms with Gasteiger partial charge in [0.25, 0.3) is 0 Å². The van der Waals surface area contributed by atoms with Gasteiger partial charge < -0.3 is 0 Å². The summed E-state index contributed by atoms with van der Waals surface area (Å²) in [6, 6.07) is 7.93. The van der Waals surface area contributed by atoms with Gasteiger partial charge in [-0.3, -0.25) is 0 Å². The van der Waals surface area contributed by atoms with Crippen molar-refractivity contribution in [3.8, 4) is 11.1 Å². The molecule has 0 aromatic heterocycles. The lowest BCUT2D eigenvalue weighted by Gasteiger charge is -2.21. The maximum absolute atomic E-state index is 13.6. The van der Waals surface area contributed by atoms with Crippen LogP contribution in [0.15, 0.2) is 30.3 Å². The molecule has 0 N–H and O–H groups in total. The van der Waals surface area contributed by atoms with Gasteiger partial charge in [-0.25, -0.2) is 8.78 Å². The van der Waals surface area contributed by atoms with E-state index in [1.54, 1.807) is 18.2 Å². The number of aryl methyl sites for hydroxylation is 1. The van der Waals surface area contributed by atoms with Gasteiger partial charge in [-0.2, -0.15) is 0 Å². The normalized spacial score (nSPS) is 15.4. The number of hydrogen-bond donors (Lipinski definition) is 0. The highest BCUT2D eigenvalue weighted by atomic mass is 19.1. The first-order valence-electron chi connectivity index (χ1n) is 6.02. The molecule has 0 spiro atoms. The summed E-state index contributed by atoms with van der Waals surface area (Å²) >= 11 is 0. The van der Waals surface area contributed by atoms with Crippen molar-refractivity contribution in [3.05, 3.63) is 58.7 Å². The van der Waals surface area contributed by atoms with Crippen molar-refractivity contribution in [3.63, 3.8) is 0 Å². The number of rotatable bonds is 0. The predicted molar refractivity (Wildman–Crippen MR) is 68.7 cm³/mol. The van der Waals surface area contributed by atoms with E-state index in [0.29, 0.717) is 0 Å². The van der Waals surface area contributed by atoms with Crippen molar-refractivity contribution in [1.29, 1.82) is 0 Å². The van der Waals surface area contributed by atoms with Crippen LogP contribution in [0.1, 0.15) is 30.5 Å². The average molecular weight is 244 g/mol. The van der Waals surface area contributed by atoms with Gasteiger partial charge in [0.1, 0.15) is 11.6 Å². The summed E-state index contributed by atoms with van der Waals surface area (Å²) in [5.41, 5.74) is 4.51. The van der Waals surface area contributed by atoms with Gasteiger partial charge in [-0.15, -0.1) is 0 Å². The predicted octanol–water partition coefficient (Wildman–Crippen LogP) is 4.58. The van der Waals surface area contributed by atoms with Crippen molar-refractivity contribution < 1.29 is 8.78 Å². The molecule has 0 aliphatic heterocycles. The smallest absolute Gasteiger partial charge is 0.123 e. The fourth-order valence-corrected chi connectivity index (χ4v) is 2.99. The van der Waals surface area contributed by atoms with Crippen LogP contribution in [-0.4, -0.2) is 0 Å². The van der Waals surface area contributed by atoms with Crippen LogP contribution in [0.5, 0.6) is 0 Å². The maximum Gasteiger partial charge on any atom is 0.123 e. The first kappa shape index (κ1) is 11.4. The van der Waals surface area contributed by atoms with E-state index in [1.807, 2.05) is 20.8 Å². The van der Waals surface area contributed by atoms with Crippen LogP contribution >= 0.6 is 0 Å². The fraction of sp³-hybridized carbons (Fsp3) is 0.250. The van der Waals surface area contributed by atoms with Crippen LogP contribution in [0.25, 0.3) is 11.1 Å². The monoisotopic (exact) mass is 244 g/mol. The van der Waals surface area contributed by atoms with Crippen molar-refractivity contribution in [2.45, 2.75) is 26.2 Å². The average Bonchev–Trinajstić information content (AvgIpc) is 2.49. The highest BCUT2D eigenvalue weighted by molar-refractivity contribution is 5.82. The van der Waals surface area contributed by atoms with E-state index in [2.05, 4.69) is 0 Å². The lowest BCUT2D eigenvalue weighted by molar-refractivity contribution is 0.598. The van der Waals surface area contributed by atoms with E-state index in [1.165, 1.54) is 12.1 Å². The molecule has 0 heterocycles. The first-order valence-corrected chi connectivity index (χ1v) is 6.02. The van der Waals surface area contributed by atoms with Crippen LogP contribution in [0.2, 0.25) is 0 Å². The highest BCUT2D eigenvalue weighted by Gasteiger charge is 2.36. The molecule has 92 valence electrons. The highest BCUT2D eigenvalue weighted by Crippen LogP contribution is 2.50. The minimum Gasteiger partial charge on any atom is -0.207 e. The molecule has 0 nitrogen and oxygen atoms in total. The molecule has 1 aliphatic carbocycles. The zero-order chi connectivity index (χ0) is 13.1. The Kier molecular flexibility index (Phi) is 2.16. The molecule has 0 saturated carbocycles. The van der Waals surface area contributed by atoms with E-state index in [9.17, 15) is 8.78 Å². The number of fused-ring (bicyclic) bond motifs is 3. The van der Waals surface area contributed by atoms with Gasteiger partial charge in [-0.05, 0) is 59.0 Å². The zero-order valence-electron chi connectivity index (χ0n) is 10.6. The number of hydrogen-bond acceptors (Lipinski definition) is 0. The Hall–Kier alpha value is -1.70. The second-order valence-corrected chi connectivity index (χ2v) is 5.46. The van der Waals surface area contributed by atoms with Gasteiger partial charge in [0.15, 0.2) is 0 Å². The zero-order valence-corrected chi connectivity index (χ0v) is 10.6. The molecule has 2 heteroatoms. The largest absolute Gasteiger partial charge is 0.207 e. The summed E-state index contributed by atoms with van der Waals surface area (Å²) in [5, 5.41) is 0. The maximum atomic E-state index is 13.6. The third-order valence-electron chi connectivity index (χ3n) is 3.90. The molecule has 0 saturated heterocycles. The molecular weight excluding hydrogens is 230 g/mol. The Balaban J connectivity index is 2.42. The van der Waals surface area contributed by atoms with Gasteiger partial charge in [0, 0.05) is 5.41 Å². The minimum absolute atomic E-state index is 0.229. The molecule has 0 radical (unpaired) electrons. The quantitative estimate of drug-likeness (QED) is 0.636. The molecule has 3 rings (SSSR count). The summed E-state index contributed by atoms with van der Waals surface area (Å²) in [6.07, 6.45) is 0. The standard InChI is InChI=1S/C16H14F2/c1-9-6-11(18)8-14-15(9)12-5-4-10(17)7-13(12)16(14,2)3/h4-8H,1-3H3.